The molecule has 0 aromatic rings. The van der Waals surface area contributed by atoms with Crippen molar-refractivity contribution in [2.24, 2.45) is 11.7 Å². The van der Waals surface area contributed by atoms with E-state index in [1.165, 1.54) is 6.42 Å². The van der Waals surface area contributed by atoms with Gasteiger partial charge in [0, 0.05) is 31.3 Å². The SMILES string of the molecule is CC(C)CC(C)N(C)C1(CN)CCOCC1. The van der Waals surface area contributed by atoms with E-state index in [2.05, 4.69) is 32.7 Å². The van der Waals surface area contributed by atoms with Crippen LogP contribution in [0.3, 0.4) is 0 Å². The first-order valence-corrected chi connectivity index (χ1v) is 6.52. The van der Waals surface area contributed by atoms with E-state index in [4.69, 9.17) is 10.5 Å². The van der Waals surface area contributed by atoms with E-state index in [1.54, 1.807) is 0 Å². The molecule has 96 valence electrons. The molecule has 0 radical (unpaired) electrons. The van der Waals surface area contributed by atoms with Crippen LogP contribution in [-0.2, 0) is 4.74 Å². The molecule has 3 heteroatoms. The Bertz CT molecular complexity index is 200. The molecule has 0 aliphatic carbocycles. The molecule has 0 spiro atoms. The van der Waals surface area contributed by atoms with Crippen molar-refractivity contribution in [2.45, 2.75) is 51.6 Å². The van der Waals surface area contributed by atoms with E-state index in [-0.39, 0.29) is 5.54 Å². The van der Waals surface area contributed by atoms with Gasteiger partial charge in [-0.25, -0.2) is 0 Å². The number of nitrogens with zero attached hydrogens (tertiary/aromatic N) is 1. The molecule has 2 N–H and O–H groups in total. The van der Waals surface area contributed by atoms with E-state index in [0.717, 1.165) is 38.5 Å². The van der Waals surface area contributed by atoms with Gasteiger partial charge in [-0.1, -0.05) is 13.8 Å². The lowest BCUT2D eigenvalue weighted by molar-refractivity contribution is -0.0305. The van der Waals surface area contributed by atoms with Gasteiger partial charge in [0.05, 0.1) is 0 Å². The molecule has 0 aromatic heterocycles. The zero-order valence-corrected chi connectivity index (χ0v) is 11.3. The summed E-state index contributed by atoms with van der Waals surface area (Å²) < 4.78 is 5.46. The summed E-state index contributed by atoms with van der Waals surface area (Å²) in [6.45, 7) is 9.33. The number of ether oxygens (including phenoxy) is 1. The summed E-state index contributed by atoms with van der Waals surface area (Å²) in [7, 11) is 2.23. The minimum absolute atomic E-state index is 0.173. The second-order valence-corrected chi connectivity index (χ2v) is 5.63. The van der Waals surface area contributed by atoms with Crippen LogP contribution in [0, 0.1) is 5.92 Å². The second kappa shape index (κ2) is 5.99. The molecule has 16 heavy (non-hydrogen) atoms. The molecule has 0 saturated carbocycles. The Balaban J connectivity index is 2.63. The smallest absolute Gasteiger partial charge is 0.0484 e. The molecule has 1 atom stereocenters. The summed E-state index contributed by atoms with van der Waals surface area (Å²) >= 11 is 0. The minimum atomic E-state index is 0.173. The van der Waals surface area contributed by atoms with Crippen molar-refractivity contribution in [3.8, 4) is 0 Å². The summed E-state index contributed by atoms with van der Waals surface area (Å²) in [5.41, 5.74) is 6.18. The van der Waals surface area contributed by atoms with Gasteiger partial charge in [-0.15, -0.1) is 0 Å². The lowest BCUT2D eigenvalue weighted by Gasteiger charge is -2.47. The maximum Gasteiger partial charge on any atom is 0.0484 e. The van der Waals surface area contributed by atoms with Gasteiger partial charge in [0.2, 0.25) is 0 Å². The van der Waals surface area contributed by atoms with Gasteiger partial charge >= 0.3 is 0 Å². The van der Waals surface area contributed by atoms with Crippen LogP contribution in [0.2, 0.25) is 0 Å². The van der Waals surface area contributed by atoms with Crippen LogP contribution in [-0.4, -0.2) is 43.3 Å². The van der Waals surface area contributed by atoms with Crippen LogP contribution in [0.25, 0.3) is 0 Å². The lowest BCUT2D eigenvalue weighted by atomic mass is 9.86. The van der Waals surface area contributed by atoms with Crippen LogP contribution in [0.15, 0.2) is 0 Å². The summed E-state index contributed by atoms with van der Waals surface area (Å²) in [6.07, 6.45) is 3.38. The van der Waals surface area contributed by atoms with E-state index >= 15 is 0 Å². The van der Waals surface area contributed by atoms with Gasteiger partial charge in [0.1, 0.15) is 0 Å². The summed E-state index contributed by atoms with van der Waals surface area (Å²) in [5, 5.41) is 0. The van der Waals surface area contributed by atoms with Gasteiger partial charge in [-0.2, -0.15) is 0 Å². The molecule has 0 bridgehead atoms. The number of rotatable bonds is 5. The first kappa shape index (κ1) is 13.9. The Kier molecular flexibility index (Phi) is 5.22. The molecular weight excluding hydrogens is 200 g/mol. The molecule has 1 saturated heterocycles. The molecule has 1 aliphatic rings. The zero-order chi connectivity index (χ0) is 12.2. The fourth-order valence-electron chi connectivity index (χ4n) is 2.76. The van der Waals surface area contributed by atoms with Gasteiger partial charge < -0.3 is 10.5 Å². The normalized spacial score (nSPS) is 22.7. The topological polar surface area (TPSA) is 38.5 Å². The molecule has 1 heterocycles. The van der Waals surface area contributed by atoms with E-state index in [0.29, 0.717) is 6.04 Å². The largest absolute Gasteiger partial charge is 0.381 e. The highest BCUT2D eigenvalue weighted by Crippen LogP contribution is 2.29. The van der Waals surface area contributed by atoms with Crippen molar-refractivity contribution in [3.05, 3.63) is 0 Å². The molecule has 3 nitrogen and oxygen atoms in total. The highest BCUT2D eigenvalue weighted by atomic mass is 16.5. The Morgan fingerprint density at radius 1 is 1.25 bits per heavy atom. The van der Waals surface area contributed by atoms with Crippen molar-refractivity contribution >= 4 is 0 Å². The third kappa shape index (κ3) is 3.19. The quantitative estimate of drug-likeness (QED) is 0.780. The van der Waals surface area contributed by atoms with E-state index in [9.17, 15) is 0 Å². The van der Waals surface area contributed by atoms with Crippen LogP contribution >= 0.6 is 0 Å². The van der Waals surface area contributed by atoms with Crippen LogP contribution in [0.4, 0.5) is 0 Å². The van der Waals surface area contributed by atoms with Crippen molar-refractivity contribution in [3.63, 3.8) is 0 Å². The van der Waals surface area contributed by atoms with Crippen molar-refractivity contribution in [1.29, 1.82) is 0 Å². The number of hydrogen-bond acceptors (Lipinski definition) is 3. The van der Waals surface area contributed by atoms with Crippen molar-refractivity contribution < 1.29 is 4.74 Å². The van der Waals surface area contributed by atoms with Crippen LogP contribution in [0.1, 0.15) is 40.0 Å². The average Bonchev–Trinajstić information content (AvgIpc) is 2.28. The predicted molar refractivity (Wildman–Crippen MR) is 68.5 cm³/mol. The monoisotopic (exact) mass is 228 g/mol. The highest BCUT2D eigenvalue weighted by Gasteiger charge is 2.37. The van der Waals surface area contributed by atoms with Gasteiger partial charge in [0.25, 0.3) is 0 Å². The molecule has 1 rings (SSSR count). The lowest BCUT2D eigenvalue weighted by Crippen LogP contribution is -2.58. The highest BCUT2D eigenvalue weighted by molar-refractivity contribution is 4.94. The fourth-order valence-corrected chi connectivity index (χ4v) is 2.76. The standard InChI is InChI=1S/C13H28N2O/c1-11(2)9-12(3)15(4)13(10-14)5-7-16-8-6-13/h11-12H,5-10,14H2,1-4H3. The molecule has 1 fully saturated rings. The van der Waals surface area contributed by atoms with E-state index < -0.39 is 0 Å². The average molecular weight is 228 g/mol. The molecule has 1 aliphatic heterocycles. The first-order valence-electron chi connectivity index (χ1n) is 6.52. The Hall–Kier alpha value is -0.120. The Labute approximate surface area is 100 Å². The third-order valence-corrected chi connectivity index (χ3v) is 4.03. The minimum Gasteiger partial charge on any atom is -0.381 e. The van der Waals surface area contributed by atoms with E-state index in [1.807, 2.05) is 0 Å². The fraction of sp³-hybridized carbons (Fsp3) is 1.00. The third-order valence-electron chi connectivity index (χ3n) is 4.03. The molecule has 0 amide bonds. The molecule has 1 unspecified atom stereocenters. The van der Waals surface area contributed by atoms with Gasteiger partial charge in [0.15, 0.2) is 0 Å². The summed E-state index contributed by atoms with van der Waals surface area (Å²) in [4.78, 5) is 2.50. The van der Waals surface area contributed by atoms with Gasteiger partial charge in [-0.05, 0) is 39.2 Å². The van der Waals surface area contributed by atoms with Crippen molar-refractivity contribution in [1.82, 2.24) is 4.90 Å². The Morgan fingerprint density at radius 2 is 1.81 bits per heavy atom. The summed E-state index contributed by atoms with van der Waals surface area (Å²) in [5.74, 6) is 0.743. The number of nitrogens with two attached hydrogens (primary N) is 1. The zero-order valence-electron chi connectivity index (χ0n) is 11.3. The van der Waals surface area contributed by atoms with Crippen LogP contribution < -0.4 is 5.73 Å². The first-order chi connectivity index (χ1) is 7.52. The summed E-state index contributed by atoms with van der Waals surface area (Å²) in [6, 6.07) is 0.599. The van der Waals surface area contributed by atoms with Crippen LogP contribution in [0.5, 0.6) is 0 Å². The predicted octanol–water partition coefficient (Wildman–Crippen LogP) is 1.86. The van der Waals surface area contributed by atoms with Crippen molar-refractivity contribution in [2.75, 3.05) is 26.8 Å². The Morgan fingerprint density at radius 3 is 2.25 bits per heavy atom. The maximum atomic E-state index is 6.01. The number of hydrogen-bond donors (Lipinski definition) is 1. The number of likely N-dealkylation sites (N-methyl/N-ethyl adjacent to an activating group) is 1. The molecule has 0 aromatic carbocycles. The molecular formula is C13H28N2O. The maximum absolute atomic E-state index is 6.01. The second-order valence-electron chi connectivity index (χ2n) is 5.63. The van der Waals surface area contributed by atoms with Gasteiger partial charge in [-0.3, -0.25) is 4.90 Å².